The van der Waals surface area contributed by atoms with Gasteiger partial charge in [0.05, 0.1) is 24.0 Å². The van der Waals surface area contributed by atoms with Gasteiger partial charge >= 0.3 is 0 Å². The molecule has 1 aromatic carbocycles. The number of rotatable bonds is 7. The van der Waals surface area contributed by atoms with Crippen LogP contribution in [-0.2, 0) is 0 Å². The molecule has 1 aliphatic rings. The van der Waals surface area contributed by atoms with E-state index in [1.807, 2.05) is 26.0 Å². The van der Waals surface area contributed by atoms with Crippen LogP contribution in [0.15, 0.2) is 24.5 Å². The van der Waals surface area contributed by atoms with Crippen molar-refractivity contribution in [2.24, 2.45) is 5.92 Å². The number of nitrogens with zero attached hydrogens (tertiary/aromatic N) is 3. The van der Waals surface area contributed by atoms with E-state index >= 15 is 0 Å². The molecule has 144 valence electrons. The molecule has 1 fully saturated rings. The van der Waals surface area contributed by atoms with E-state index < -0.39 is 0 Å². The van der Waals surface area contributed by atoms with Crippen LogP contribution in [0.3, 0.4) is 0 Å². The van der Waals surface area contributed by atoms with Crippen LogP contribution in [-0.4, -0.2) is 36.0 Å². The second kappa shape index (κ2) is 9.18. The molecule has 2 heterocycles. The van der Waals surface area contributed by atoms with Crippen molar-refractivity contribution >= 4 is 23.8 Å². The Morgan fingerprint density at radius 1 is 1.19 bits per heavy atom. The molecule has 0 unspecified atom stereocenters. The molecular weight excluding hydrogens is 362 g/mol. The maximum atomic E-state index is 11.1. The van der Waals surface area contributed by atoms with Crippen LogP contribution in [0.2, 0.25) is 5.02 Å². The normalized spacial score (nSPS) is 15.0. The summed E-state index contributed by atoms with van der Waals surface area (Å²) < 4.78 is 5.90. The topological polar surface area (TPSA) is 55.3 Å². The number of ether oxygens (including phenoxy) is 1. The Balaban J connectivity index is 1.39. The zero-order valence-electron chi connectivity index (χ0n) is 15.9. The molecule has 6 heteroatoms. The molecular formula is C21H26ClN3O2. The largest absolute Gasteiger partial charge is 0.494 e. The minimum Gasteiger partial charge on any atom is -0.494 e. The van der Waals surface area contributed by atoms with Gasteiger partial charge in [-0.05, 0) is 68.7 Å². The zero-order chi connectivity index (χ0) is 19.2. The number of carbonyl (C=O) groups excluding carboxylic acids is 1. The van der Waals surface area contributed by atoms with Crippen molar-refractivity contribution in [3.8, 4) is 5.75 Å². The summed E-state index contributed by atoms with van der Waals surface area (Å²) in [5.74, 6) is 2.34. The summed E-state index contributed by atoms with van der Waals surface area (Å²) in [7, 11) is 0. The molecule has 0 atom stereocenters. The molecule has 0 N–H and O–H groups in total. The molecule has 0 radical (unpaired) electrons. The molecule has 1 aromatic heterocycles. The van der Waals surface area contributed by atoms with Gasteiger partial charge < -0.3 is 9.64 Å². The van der Waals surface area contributed by atoms with Crippen molar-refractivity contribution in [2.75, 3.05) is 24.6 Å². The molecule has 0 bridgehead atoms. The third kappa shape index (κ3) is 5.19. The van der Waals surface area contributed by atoms with E-state index in [1.165, 1.54) is 6.42 Å². The number of aldehydes is 1. The number of anilines is 1. The maximum absolute atomic E-state index is 11.1. The highest BCUT2D eigenvalue weighted by atomic mass is 35.5. The molecule has 27 heavy (non-hydrogen) atoms. The maximum Gasteiger partial charge on any atom is 0.225 e. The average Bonchev–Trinajstić information content (AvgIpc) is 2.66. The minimum absolute atomic E-state index is 0.569. The highest BCUT2D eigenvalue weighted by molar-refractivity contribution is 6.30. The van der Waals surface area contributed by atoms with E-state index in [4.69, 9.17) is 16.3 Å². The van der Waals surface area contributed by atoms with Gasteiger partial charge in [0.15, 0.2) is 6.29 Å². The van der Waals surface area contributed by atoms with Crippen molar-refractivity contribution in [2.45, 2.75) is 39.5 Å². The van der Waals surface area contributed by atoms with Crippen LogP contribution >= 0.6 is 11.6 Å². The average molecular weight is 388 g/mol. The Morgan fingerprint density at radius 2 is 1.81 bits per heavy atom. The Hall–Kier alpha value is -2.14. The first-order valence-corrected chi connectivity index (χ1v) is 9.86. The van der Waals surface area contributed by atoms with E-state index in [2.05, 4.69) is 14.9 Å². The van der Waals surface area contributed by atoms with Gasteiger partial charge in [-0.25, -0.2) is 9.97 Å². The molecule has 3 rings (SSSR count). The van der Waals surface area contributed by atoms with Crippen molar-refractivity contribution in [3.63, 3.8) is 0 Å². The molecule has 0 aliphatic carbocycles. The van der Waals surface area contributed by atoms with Crippen LogP contribution in [0.25, 0.3) is 0 Å². The summed E-state index contributed by atoms with van der Waals surface area (Å²) in [5.41, 5.74) is 2.70. The quantitative estimate of drug-likeness (QED) is 0.512. The number of hydrogen-bond acceptors (Lipinski definition) is 5. The van der Waals surface area contributed by atoms with Gasteiger partial charge in [-0.15, -0.1) is 0 Å². The van der Waals surface area contributed by atoms with Crippen LogP contribution in [0, 0.1) is 19.8 Å². The minimum atomic E-state index is 0.569. The van der Waals surface area contributed by atoms with E-state index in [1.54, 1.807) is 12.4 Å². The molecule has 2 aromatic rings. The Kier molecular flexibility index (Phi) is 6.67. The van der Waals surface area contributed by atoms with Gasteiger partial charge in [-0.3, -0.25) is 4.79 Å². The monoisotopic (exact) mass is 387 g/mol. The number of aryl methyl sites for hydroxylation is 2. The third-order valence-corrected chi connectivity index (χ3v) is 5.41. The fraction of sp³-hybridized carbons (Fsp3) is 0.476. The number of halogens is 1. The van der Waals surface area contributed by atoms with Crippen LogP contribution < -0.4 is 9.64 Å². The van der Waals surface area contributed by atoms with Gasteiger partial charge in [0.2, 0.25) is 5.95 Å². The third-order valence-electron chi connectivity index (χ3n) is 5.21. The first-order valence-electron chi connectivity index (χ1n) is 9.48. The lowest BCUT2D eigenvalue weighted by atomic mass is 9.92. The zero-order valence-corrected chi connectivity index (χ0v) is 16.7. The molecule has 0 amide bonds. The van der Waals surface area contributed by atoms with E-state index in [-0.39, 0.29) is 0 Å². The van der Waals surface area contributed by atoms with Gasteiger partial charge in [0, 0.05) is 18.7 Å². The number of benzene rings is 1. The lowest BCUT2D eigenvalue weighted by Gasteiger charge is -2.32. The first kappa shape index (κ1) is 19.6. The summed E-state index contributed by atoms with van der Waals surface area (Å²) in [6.45, 7) is 6.57. The second-order valence-corrected chi connectivity index (χ2v) is 7.65. The standard InChI is InChI=1S/C21H26ClN3O2/c1-15-10-19(11-16(2)20(15)14-26)27-9-3-4-17-5-7-25(8-6-17)21-23-12-18(22)13-24-21/h10-14,17H,3-9H2,1-2H3. The molecule has 0 spiro atoms. The van der Waals surface area contributed by atoms with Gasteiger partial charge in [-0.1, -0.05) is 11.6 Å². The van der Waals surface area contributed by atoms with Crippen molar-refractivity contribution in [1.82, 2.24) is 9.97 Å². The highest BCUT2D eigenvalue weighted by Gasteiger charge is 2.20. The van der Waals surface area contributed by atoms with Crippen LogP contribution in [0.4, 0.5) is 5.95 Å². The van der Waals surface area contributed by atoms with Gasteiger partial charge in [0.25, 0.3) is 0 Å². The fourth-order valence-electron chi connectivity index (χ4n) is 3.66. The van der Waals surface area contributed by atoms with Gasteiger partial charge in [0.1, 0.15) is 5.75 Å². The number of aromatic nitrogens is 2. The van der Waals surface area contributed by atoms with E-state index in [9.17, 15) is 4.79 Å². The number of carbonyl (C=O) groups is 1. The number of piperidine rings is 1. The summed E-state index contributed by atoms with van der Waals surface area (Å²) in [4.78, 5) is 21.9. The Morgan fingerprint density at radius 3 is 2.41 bits per heavy atom. The van der Waals surface area contributed by atoms with Crippen molar-refractivity contribution in [1.29, 1.82) is 0 Å². The Labute approximate surface area is 165 Å². The van der Waals surface area contributed by atoms with Gasteiger partial charge in [-0.2, -0.15) is 0 Å². The van der Waals surface area contributed by atoms with E-state index in [0.717, 1.165) is 72.9 Å². The van der Waals surface area contributed by atoms with Crippen molar-refractivity contribution in [3.05, 3.63) is 46.2 Å². The second-order valence-electron chi connectivity index (χ2n) is 7.21. The van der Waals surface area contributed by atoms with Crippen LogP contribution in [0.5, 0.6) is 5.75 Å². The van der Waals surface area contributed by atoms with Crippen molar-refractivity contribution < 1.29 is 9.53 Å². The lowest BCUT2D eigenvalue weighted by molar-refractivity contribution is 0.112. The number of hydrogen-bond donors (Lipinski definition) is 0. The summed E-state index contributed by atoms with van der Waals surface area (Å²) in [6.07, 6.45) is 8.72. The summed E-state index contributed by atoms with van der Waals surface area (Å²) in [5, 5.41) is 0.569. The highest BCUT2D eigenvalue weighted by Crippen LogP contribution is 2.25. The lowest BCUT2D eigenvalue weighted by Crippen LogP contribution is -2.34. The molecule has 1 saturated heterocycles. The predicted molar refractivity (Wildman–Crippen MR) is 108 cm³/mol. The smallest absolute Gasteiger partial charge is 0.225 e. The summed E-state index contributed by atoms with van der Waals surface area (Å²) >= 11 is 5.85. The molecule has 0 saturated carbocycles. The van der Waals surface area contributed by atoms with E-state index in [0.29, 0.717) is 11.6 Å². The molecule has 5 nitrogen and oxygen atoms in total. The fourth-order valence-corrected chi connectivity index (χ4v) is 3.75. The summed E-state index contributed by atoms with van der Waals surface area (Å²) in [6, 6.07) is 3.89. The predicted octanol–water partition coefficient (Wildman–Crippen LogP) is 4.63. The molecule has 1 aliphatic heterocycles. The van der Waals surface area contributed by atoms with Crippen LogP contribution in [0.1, 0.15) is 47.2 Å². The SMILES string of the molecule is Cc1cc(OCCCC2CCN(c3ncc(Cl)cn3)CC2)cc(C)c1C=O. The first-order chi connectivity index (χ1) is 13.1. The Bertz CT molecular complexity index is 748.